The predicted molar refractivity (Wildman–Crippen MR) is 134 cm³/mol. The highest BCUT2D eigenvalue weighted by Gasteiger charge is 2.33. The van der Waals surface area contributed by atoms with Gasteiger partial charge < -0.3 is 10.6 Å². The van der Waals surface area contributed by atoms with E-state index < -0.39 is 0 Å². The standard InChI is InChI=1S/C26H25BrN4O2/c1-17(2)28-26(33)29-22-14-10-18(11-15-22)23-16-24(19-6-4-3-5-7-19)31(30-23)25(32)20-8-12-21(27)13-9-20/h3-15,17,24H,16H2,1-2H3,(H2,28,29,33). The van der Waals surface area contributed by atoms with Gasteiger partial charge in [0.15, 0.2) is 0 Å². The number of carbonyl (C=O) groups excluding carboxylic acids is 2. The van der Waals surface area contributed by atoms with Crippen LogP contribution in [-0.4, -0.2) is 28.7 Å². The first-order valence-electron chi connectivity index (χ1n) is 10.8. The Morgan fingerprint density at radius 3 is 2.27 bits per heavy atom. The number of carbonyl (C=O) groups is 2. The lowest BCUT2D eigenvalue weighted by atomic mass is 9.98. The Kier molecular flexibility index (Phi) is 6.89. The van der Waals surface area contributed by atoms with E-state index in [1.165, 1.54) is 0 Å². The van der Waals surface area contributed by atoms with Crippen LogP contribution in [0.1, 0.15) is 47.8 Å². The number of nitrogens with one attached hydrogen (secondary N) is 2. The molecular weight excluding hydrogens is 480 g/mol. The van der Waals surface area contributed by atoms with E-state index >= 15 is 0 Å². The number of hydrazone groups is 1. The third-order valence-electron chi connectivity index (χ3n) is 5.29. The van der Waals surface area contributed by atoms with Gasteiger partial charge in [-0.2, -0.15) is 5.10 Å². The van der Waals surface area contributed by atoms with Crippen LogP contribution in [0.4, 0.5) is 10.5 Å². The Bertz CT molecular complexity index is 1160. The van der Waals surface area contributed by atoms with Gasteiger partial charge in [-0.25, -0.2) is 9.80 Å². The molecule has 0 fully saturated rings. The van der Waals surface area contributed by atoms with Crippen molar-refractivity contribution in [2.45, 2.75) is 32.4 Å². The van der Waals surface area contributed by atoms with Crippen LogP contribution >= 0.6 is 15.9 Å². The van der Waals surface area contributed by atoms with Crippen LogP contribution in [0.15, 0.2) is 88.4 Å². The van der Waals surface area contributed by atoms with Crippen molar-refractivity contribution in [3.8, 4) is 0 Å². The highest BCUT2D eigenvalue weighted by atomic mass is 79.9. The number of anilines is 1. The molecule has 168 valence electrons. The fourth-order valence-corrected chi connectivity index (χ4v) is 3.97. The summed E-state index contributed by atoms with van der Waals surface area (Å²) >= 11 is 3.42. The smallest absolute Gasteiger partial charge is 0.319 e. The Hall–Kier alpha value is -3.45. The zero-order chi connectivity index (χ0) is 23.4. The molecule has 3 aromatic carbocycles. The molecule has 0 saturated heterocycles. The number of nitrogens with zero attached hydrogens (tertiary/aromatic N) is 2. The fraction of sp³-hybridized carbons (Fsp3) is 0.192. The third-order valence-corrected chi connectivity index (χ3v) is 5.82. The van der Waals surface area contributed by atoms with Gasteiger partial charge in [0, 0.05) is 28.2 Å². The number of hydrogen-bond donors (Lipinski definition) is 2. The number of hydrogen-bond acceptors (Lipinski definition) is 3. The van der Waals surface area contributed by atoms with E-state index in [-0.39, 0.29) is 24.0 Å². The van der Waals surface area contributed by atoms with Crippen molar-refractivity contribution < 1.29 is 9.59 Å². The second kappa shape index (κ2) is 10.0. The first-order valence-corrected chi connectivity index (χ1v) is 11.6. The fourth-order valence-electron chi connectivity index (χ4n) is 3.71. The van der Waals surface area contributed by atoms with Gasteiger partial charge >= 0.3 is 6.03 Å². The van der Waals surface area contributed by atoms with Crippen LogP contribution in [0.5, 0.6) is 0 Å². The minimum atomic E-state index is -0.244. The maximum Gasteiger partial charge on any atom is 0.319 e. The van der Waals surface area contributed by atoms with Crippen molar-refractivity contribution in [3.05, 3.63) is 100 Å². The summed E-state index contributed by atoms with van der Waals surface area (Å²) in [7, 11) is 0. The van der Waals surface area contributed by atoms with Gasteiger partial charge in [-0.15, -0.1) is 0 Å². The Morgan fingerprint density at radius 2 is 1.64 bits per heavy atom. The Balaban J connectivity index is 1.59. The van der Waals surface area contributed by atoms with Gasteiger partial charge in [-0.1, -0.05) is 58.4 Å². The molecule has 0 aliphatic carbocycles. The lowest BCUT2D eigenvalue weighted by Gasteiger charge is -2.22. The van der Waals surface area contributed by atoms with Crippen molar-refractivity contribution >= 4 is 39.3 Å². The van der Waals surface area contributed by atoms with Crippen molar-refractivity contribution in [2.75, 3.05) is 5.32 Å². The molecule has 33 heavy (non-hydrogen) atoms. The number of halogens is 1. The van der Waals surface area contributed by atoms with Crippen molar-refractivity contribution in [1.82, 2.24) is 10.3 Å². The molecule has 0 bridgehead atoms. The Labute approximate surface area is 201 Å². The number of rotatable bonds is 5. The summed E-state index contributed by atoms with van der Waals surface area (Å²) in [6.07, 6.45) is 0.604. The van der Waals surface area contributed by atoms with E-state index in [2.05, 4.69) is 26.6 Å². The summed E-state index contributed by atoms with van der Waals surface area (Å²) in [5, 5.41) is 11.9. The van der Waals surface area contributed by atoms with Crippen LogP contribution < -0.4 is 10.6 Å². The summed E-state index contributed by atoms with van der Waals surface area (Å²) in [5.41, 5.74) is 4.05. The lowest BCUT2D eigenvalue weighted by Crippen LogP contribution is -2.34. The van der Waals surface area contributed by atoms with Gasteiger partial charge in [-0.3, -0.25) is 4.79 Å². The first-order chi connectivity index (χ1) is 15.9. The van der Waals surface area contributed by atoms with Crippen LogP contribution in [0.25, 0.3) is 0 Å². The molecule has 0 saturated carbocycles. The third kappa shape index (κ3) is 5.49. The van der Waals surface area contributed by atoms with E-state index in [0.29, 0.717) is 17.7 Å². The average Bonchev–Trinajstić information content (AvgIpc) is 3.25. The summed E-state index contributed by atoms with van der Waals surface area (Å²) in [6, 6.07) is 24.4. The zero-order valence-electron chi connectivity index (χ0n) is 18.5. The van der Waals surface area contributed by atoms with Crippen molar-refractivity contribution in [2.24, 2.45) is 5.10 Å². The van der Waals surface area contributed by atoms with Crippen LogP contribution in [0.3, 0.4) is 0 Å². The molecule has 3 amide bonds. The second-order valence-electron chi connectivity index (χ2n) is 8.16. The van der Waals surface area contributed by atoms with E-state index in [4.69, 9.17) is 5.10 Å². The quantitative estimate of drug-likeness (QED) is 0.449. The van der Waals surface area contributed by atoms with Crippen LogP contribution in [0.2, 0.25) is 0 Å². The molecule has 0 spiro atoms. The molecule has 1 aliphatic heterocycles. The van der Waals surface area contributed by atoms with Crippen molar-refractivity contribution in [1.29, 1.82) is 0 Å². The summed E-state index contributed by atoms with van der Waals surface area (Å²) in [5.74, 6) is -0.144. The highest BCUT2D eigenvalue weighted by molar-refractivity contribution is 9.10. The molecule has 0 radical (unpaired) electrons. The summed E-state index contributed by atoms with van der Waals surface area (Å²) in [6.45, 7) is 3.82. The molecule has 0 aromatic heterocycles. The van der Waals surface area contributed by atoms with Gasteiger partial charge in [0.1, 0.15) is 0 Å². The maximum atomic E-state index is 13.3. The number of urea groups is 1. The molecule has 1 aliphatic rings. The zero-order valence-corrected chi connectivity index (χ0v) is 20.0. The monoisotopic (exact) mass is 504 g/mol. The van der Waals surface area contributed by atoms with Gasteiger partial charge in [0.2, 0.25) is 0 Å². The average molecular weight is 505 g/mol. The Morgan fingerprint density at radius 1 is 0.970 bits per heavy atom. The minimum absolute atomic E-state index is 0.0567. The van der Waals surface area contributed by atoms with Gasteiger partial charge in [-0.05, 0) is 61.4 Å². The minimum Gasteiger partial charge on any atom is -0.336 e. The SMILES string of the molecule is CC(C)NC(=O)Nc1ccc(C2=NN(C(=O)c3ccc(Br)cc3)C(c3ccccc3)C2)cc1. The van der Waals surface area contributed by atoms with E-state index in [1.54, 1.807) is 17.1 Å². The van der Waals surface area contributed by atoms with Crippen LogP contribution in [0, 0.1) is 0 Å². The predicted octanol–water partition coefficient (Wildman–Crippen LogP) is 5.97. The van der Waals surface area contributed by atoms with E-state index in [0.717, 1.165) is 21.3 Å². The second-order valence-corrected chi connectivity index (χ2v) is 9.08. The molecule has 1 unspecified atom stereocenters. The summed E-state index contributed by atoms with van der Waals surface area (Å²) < 4.78 is 0.917. The van der Waals surface area contributed by atoms with Crippen LogP contribution in [-0.2, 0) is 0 Å². The topological polar surface area (TPSA) is 73.8 Å². The van der Waals surface area contributed by atoms with Crippen molar-refractivity contribution in [3.63, 3.8) is 0 Å². The van der Waals surface area contributed by atoms with Gasteiger partial charge in [0.25, 0.3) is 5.91 Å². The highest BCUT2D eigenvalue weighted by Crippen LogP contribution is 2.34. The largest absolute Gasteiger partial charge is 0.336 e. The summed E-state index contributed by atoms with van der Waals surface area (Å²) in [4.78, 5) is 25.3. The van der Waals surface area contributed by atoms with E-state index in [9.17, 15) is 9.59 Å². The molecule has 7 heteroatoms. The maximum absolute atomic E-state index is 13.3. The normalized spacial score (nSPS) is 15.3. The molecule has 4 rings (SSSR count). The molecule has 2 N–H and O–H groups in total. The lowest BCUT2D eigenvalue weighted by molar-refractivity contribution is 0.0711. The molecule has 6 nitrogen and oxygen atoms in total. The molecule has 1 atom stereocenters. The molecule has 1 heterocycles. The van der Waals surface area contributed by atoms with E-state index in [1.807, 2.05) is 80.6 Å². The molecule has 3 aromatic rings. The number of benzene rings is 3. The number of amides is 3. The van der Waals surface area contributed by atoms with Gasteiger partial charge in [0.05, 0.1) is 11.8 Å². The first kappa shape index (κ1) is 22.7. The molecular formula is C26H25BrN4O2.